The number of hydrogen-bond donors (Lipinski definition) is 1. The second kappa shape index (κ2) is 7.66. The minimum absolute atomic E-state index is 0.0977. The number of benzene rings is 2. The molecule has 2 saturated heterocycles. The molecule has 2 aromatic rings. The van der Waals surface area contributed by atoms with Gasteiger partial charge in [0.05, 0.1) is 5.56 Å². The maximum atomic E-state index is 13.9. The van der Waals surface area contributed by atoms with E-state index in [1.54, 1.807) is 4.90 Å². The third kappa shape index (κ3) is 3.58. The standard InChI is InChI=1S/C25H27FN2O3/c26-22-13-19(11-20(14-29)23(22)30)24(31)27-9-5-17(6-10-27)18-3-1-4-21(12-18)28-15-25(16-28)7-2-8-25/h1,3-4,11-14,17,30H,2,5-10,15-16H2. The Labute approximate surface area is 181 Å². The number of likely N-dealkylation sites (tertiary alicyclic amines) is 1. The average Bonchev–Trinajstić information content (AvgIpc) is 2.73. The molecule has 162 valence electrons. The summed E-state index contributed by atoms with van der Waals surface area (Å²) in [5.41, 5.74) is 3.11. The number of nitrogens with zero attached hydrogens (tertiary/aromatic N) is 2. The van der Waals surface area contributed by atoms with Crippen LogP contribution in [0.2, 0.25) is 0 Å². The Bertz CT molecular complexity index is 1020. The summed E-state index contributed by atoms with van der Waals surface area (Å²) in [6, 6.07) is 11.1. The van der Waals surface area contributed by atoms with Gasteiger partial charge in [-0.05, 0) is 61.4 Å². The zero-order valence-corrected chi connectivity index (χ0v) is 17.5. The van der Waals surface area contributed by atoms with Crippen LogP contribution in [0, 0.1) is 11.2 Å². The summed E-state index contributed by atoms with van der Waals surface area (Å²) in [7, 11) is 0. The molecular formula is C25H27FN2O3. The highest BCUT2D eigenvalue weighted by atomic mass is 19.1. The van der Waals surface area contributed by atoms with Gasteiger partial charge in [-0.1, -0.05) is 18.6 Å². The zero-order valence-electron chi connectivity index (χ0n) is 17.5. The van der Waals surface area contributed by atoms with Crippen molar-refractivity contribution in [1.29, 1.82) is 0 Å². The van der Waals surface area contributed by atoms with E-state index >= 15 is 0 Å². The van der Waals surface area contributed by atoms with Gasteiger partial charge in [0, 0.05) is 42.8 Å². The van der Waals surface area contributed by atoms with Crippen LogP contribution in [0.3, 0.4) is 0 Å². The number of aromatic hydroxyl groups is 1. The molecule has 2 heterocycles. The van der Waals surface area contributed by atoms with E-state index in [-0.39, 0.29) is 17.0 Å². The minimum atomic E-state index is -0.950. The first-order valence-electron chi connectivity index (χ1n) is 11.1. The zero-order chi connectivity index (χ0) is 21.6. The van der Waals surface area contributed by atoms with Crippen LogP contribution in [-0.4, -0.2) is 48.4 Å². The van der Waals surface area contributed by atoms with Gasteiger partial charge in [0.2, 0.25) is 0 Å². The molecule has 0 aromatic heterocycles. The third-order valence-electron chi connectivity index (χ3n) is 7.42. The number of carbonyl (C=O) groups excluding carboxylic acids is 2. The number of aldehydes is 1. The second-order valence-electron chi connectivity index (χ2n) is 9.38. The van der Waals surface area contributed by atoms with Crippen LogP contribution in [0.25, 0.3) is 0 Å². The first kappa shape index (κ1) is 20.0. The fraction of sp³-hybridized carbons (Fsp3) is 0.440. The molecule has 0 atom stereocenters. The van der Waals surface area contributed by atoms with Crippen LogP contribution < -0.4 is 4.90 Å². The molecule has 0 radical (unpaired) electrons. The number of carbonyl (C=O) groups is 2. The number of amides is 1. The molecule has 1 amide bonds. The van der Waals surface area contributed by atoms with Crippen LogP contribution in [-0.2, 0) is 0 Å². The molecule has 1 spiro atoms. The maximum absolute atomic E-state index is 13.9. The van der Waals surface area contributed by atoms with Crippen molar-refractivity contribution >= 4 is 17.9 Å². The number of piperidine rings is 1. The highest BCUT2D eigenvalue weighted by molar-refractivity contribution is 5.96. The van der Waals surface area contributed by atoms with Crippen LogP contribution >= 0.6 is 0 Å². The Morgan fingerprint density at radius 1 is 1.13 bits per heavy atom. The van der Waals surface area contributed by atoms with Gasteiger partial charge in [-0.2, -0.15) is 0 Å². The van der Waals surface area contributed by atoms with Gasteiger partial charge < -0.3 is 14.9 Å². The van der Waals surface area contributed by atoms with Crippen molar-refractivity contribution in [2.45, 2.75) is 38.0 Å². The van der Waals surface area contributed by atoms with Gasteiger partial charge in [0.15, 0.2) is 17.9 Å². The van der Waals surface area contributed by atoms with Crippen LogP contribution in [0.5, 0.6) is 5.75 Å². The lowest BCUT2D eigenvalue weighted by atomic mass is 9.63. The first-order valence-corrected chi connectivity index (χ1v) is 11.1. The van der Waals surface area contributed by atoms with Crippen LogP contribution in [0.4, 0.5) is 10.1 Å². The van der Waals surface area contributed by atoms with Gasteiger partial charge in [0.25, 0.3) is 5.91 Å². The SMILES string of the molecule is O=Cc1cc(C(=O)N2CCC(c3cccc(N4CC5(CCC5)C4)c3)CC2)cc(F)c1O. The predicted molar refractivity (Wildman–Crippen MR) is 116 cm³/mol. The van der Waals surface area contributed by atoms with Crippen molar-refractivity contribution in [2.24, 2.45) is 5.41 Å². The Kier molecular flexibility index (Phi) is 4.95. The molecular weight excluding hydrogens is 395 g/mol. The van der Waals surface area contributed by atoms with Crippen LogP contribution in [0.15, 0.2) is 36.4 Å². The quantitative estimate of drug-likeness (QED) is 0.744. The number of rotatable bonds is 4. The summed E-state index contributed by atoms with van der Waals surface area (Å²) in [5.74, 6) is -1.57. The number of anilines is 1. The number of halogens is 1. The summed E-state index contributed by atoms with van der Waals surface area (Å²) in [4.78, 5) is 28.0. The lowest BCUT2D eigenvalue weighted by molar-refractivity contribution is 0.0712. The molecule has 2 aliphatic heterocycles. The van der Waals surface area contributed by atoms with Crippen molar-refractivity contribution in [2.75, 3.05) is 31.1 Å². The Morgan fingerprint density at radius 2 is 1.87 bits per heavy atom. The number of phenolic OH excluding ortho intramolecular Hbond substituents is 1. The fourth-order valence-corrected chi connectivity index (χ4v) is 5.35. The van der Waals surface area contributed by atoms with E-state index in [0.29, 0.717) is 30.7 Å². The first-order chi connectivity index (χ1) is 15.0. The molecule has 5 rings (SSSR count). The van der Waals surface area contributed by atoms with Crippen molar-refractivity contribution in [3.8, 4) is 5.75 Å². The third-order valence-corrected chi connectivity index (χ3v) is 7.42. The Hall–Kier alpha value is -2.89. The average molecular weight is 423 g/mol. The van der Waals surface area contributed by atoms with E-state index in [1.165, 1.54) is 49.7 Å². The molecule has 6 heteroatoms. The molecule has 3 aliphatic rings. The van der Waals surface area contributed by atoms with E-state index in [9.17, 15) is 19.1 Å². The van der Waals surface area contributed by atoms with E-state index in [2.05, 4.69) is 29.2 Å². The smallest absolute Gasteiger partial charge is 0.253 e. The van der Waals surface area contributed by atoms with Crippen LogP contribution in [0.1, 0.15) is 64.3 Å². The molecule has 3 fully saturated rings. The Balaban J connectivity index is 1.23. The van der Waals surface area contributed by atoms with Gasteiger partial charge in [0.1, 0.15) is 0 Å². The molecule has 1 saturated carbocycles. The summed E-state index contributed by atoms with van der Waals surface area (Å²) >= 11 is 0. The summed E-state index contributed by atoms with van der Waals surface area (Å²) in [6.07, 6.45) is 6.17. The predicted octanol–water partition coefficient (Wildman–Crippen LogP) is 4.35. The van der Waals surface area contributed by atoms with E-state index in [4.69, 9.17) is 0 Å². The molecule has 1 N–H and O–H groups in total. The molecule has 0 bridgehead atoms. The summed E-state index contributed by atoms with van der Waals surface area (Å²) < 4.78 is 13.9. The fourth-order valence-electron chi connectivity index (χ4n) is 5.35. The van der Waals surface area contributed by atoms with Crippen molar-refractivity contribution < 1.29 is 19.1 Å². The lowest BCUT2D eigenvalue weighted by Crippen LogP contribution is -2.59. The Morgan fingerprint density at radius 3 is 2.52 bits per heavy atom. The van der Waals surface area contributed by atoms with Crippen molar-refractivity contribution in [3.63, 3.8) is 0 Å². The molecule has 31 heavy (non-hydrogen) atoms. The molecule has 0 unspecified atom stereocenters. The number of phenols is 1. The summed E-state index contributed by atoms with van der Waals surface area (Å²) in [6.45, 7) is 3.52. The molecule has 2 aromatic carbocycles. The largest absolute Gasteiger partial charge is 0.504 e. The van der Waals surface area contributed by atoms with E-state index in [0.717, 1.165) is 18.9 Å². The lowest BCUT2D eigenvalue weighted by Gasteiger charge is -2.57. The van der Waals surface area contributed by atoms with E-state index in [1.807, 2.05) is 0 Å². The number of hydrogen-bond acceptors (Lipinski definition) is 4. The molecule has 5 nitrogen and oxygen atoms in total. The van der Waals surface area contributed by atoms with Gasteiger partial charge >= 0.3 is 0 Å². The highest BCUT2D eigenvalue weighted by Crippen LogP contribution is 2.49. The second-order valence-corrected chi connectivity index (χ2v) is 9.38. The molecule has 1 aliphatic carbocycles. The van der Waals surface area contributed by atoms with E-state index < -0.39 is 11.6 Å². The topological polar surface area (TPSA) is 60.9 Å². The maximum Gasteiger partial charge on any atom is 0.253 e. The van der Waals surface area contributed by atoms with Crippen molar-refractivity contribution in [1.82, 2.24) is 4.90 Å². The minimum Gasteiger partial charge on any atom is -0.504 e. The van der Waals surface area contributed by atoms with Crippen molar-refractivity contribution in [3.05, 3.63) is 58.9 Å². The highest BCUT2D eigenvalue weighted by Gasteiger charge is 2.47. The monoisotopic (exact) mass is 422 g/mol. The van der Waals surface area contributed by atoms with Gasteiger partial charge in [-0.25, -0.2) is 4.39 Å². The van der Waals surface area contributed by atoms with Gasteiger partial charge in [-0.15, -0.1) is 0 Å². The normalized spacial score (nSPS) is 20.3. The van der Waals surface area contributed by atoms with Gasteiger partial charge in [-0.3, -0.25) is 9.59 Å². The summed E-state index contributed by atoms with van der Waals surface area (Å²) in [5, 5.41) is 9.57.